The van der Waals surface area contributed by atoms with Crippen LogP contribution in [0.15, 0.2) is 4.99 Å². The van der Waals surface area contributed by atoms with Crippen LogP contribution in [0.3, 0.4) is 0 Å². The molecule has 1 aliphatic rings. The first-order valence-electron chi connectivity index (χ1n) is 5.89. The van der Waals surface area contributed by atoms with Crippen LogP contribution >= 0.6 is 0 Å². The Kier molecular flexibility index (Phi) is 5.47. The van der Waals surface area contributed by atoms with Crippen LogP contribution in [0.2, 0.25) is 0 Å². The van der Waals surface area contributed by atoms with Gasteiger partial charge in [0.05, 0.1) is 0 Å². The average molecular weight is 212 g/mol. The van der Waals surface area contributed by atoms with Crippen LogP contribution in [0.5, 0.6) is 0 Å². The van der Waals surface area contributed by atoms with Gasteiger partial charge in [-0.15, -0.1) is 0 Å². The third-order valence-electron chi connectivity index (χ3n) is 2.75. The first kappa shape index (κ1) is 12.3. The van der Waals surface area contributed by atoms with Crippen molar-refractivity contribution < 1.29 is 0 Å². The molecular formula is C11H24N4. The summed E-state index contributed by atoms with van der Waals surface area (Å²) < 4.78 is 0. The van der Waals surface area contributed by atoms with E-state index >= 15 is 0 Å². The predicted molar refractivity (Wildman–Crippen MR) is 65.1 cm³/mol. The number of hydrogen-bond donors (Lipinski definition) is 2. The number of nitrogens with zero attached hydrogens (tertiary/aromatic N) is 2. The van der Waals surface area contributed by atoms with Crippen molar-refractivity contribution in [2.45, 2.75) is 38.1 Å². The van der Waals surface area contributed by atoms with Crippen molar-refractivity contribution in [3.8, 4) is 0 Å². The van der Waals surface area contributed by atoms with Gasteiger partial charge >= 0.3 is 0 Å². The zero-order valence-electron chi connectivity index (χ0n) is 10.00. The lowest BCUT2D eigenvalue weighted by atomic mass is 10.2. The first-order chi connectivity index (χ1) is 7.18. The van der Waals surface area contributed by atoms with Gasteiger partial charge in [0, 0.05) is 12.6 Å². The quantitative estimate of drug-likeness (QED) is 0.402. The monoisotopic (exact) mass is 212 g/mol. The maximum Gasteiger partial charge on any atom is 0.188 e. The molecular weight excluding hydrogens is 188 g/mol. The van der Waals surface area contributed by atoms with E-state index in [0.29, 0.717) is 12.0 Å². The topological polar surface area (TPSA) is 53.6 Å². The number of aliphatic imine (C=N–C) groups is 1. The van der Waals surface area contributed by atoms with Crippen LogP contribution in [0, 0.1) is 0 Å². The van der Waals surface area contributed by atoms with E-state index in [1.54, 1.807) is 0 Å². The molecule has 1 rings (SSSR count). The lowest BCUT2D eigenvalue weighted by Crippen LogP contribution is -2.38. The van der Waals surface area contributed by atoms with Crippen LogP contribution in [-0.4, -0.2) is 44.1 Å². The summed E-state index contributed by atoms with van der Waals surface area (Å²) in [7, 11) is 4.15. The van der Waals surface area contributed by atoms with Crippen molar-refractivity contribution in [2.75, 3.05) is 27.2 Å². The Morgan fingerprint density at radius 3 is 2.67 bits per heavy atom. The van der Waals surface area contributed by atoms with Crippen LogP contribution in [-0.2, 0) is 0 Å². The van der Waals surface area contributed by atoms with Crippen LogP contribution in [0.1, 0.15) is 32.1 Å². The molecule has 0 radical (unpaired) electrons. The molecule has 0 spiro atoms. The highest BCUT2D eigenvalue weighted by molar-refractivity contribution is 5.78. The third-order valence-corrected chi connectivity index (χ3v) is 2.75. The molecule has 15 heavy (non-hydrogen) atoms. The molecule has 3 N–H and O–H groups in total. The molecule has 0 aromatic carbocycles. The summed E-state index contributed by atoms with van der Waals surface area (Å²) in [5, 5.41) is 3.28. The molecule has 88 valence electrons. The second-order valence-corrected chi connectivity index (χ2v) is 4.55. The fraction of sp³-hybridized carbons (Fsp3) is 0.909. The molecule has 4 nitrogen and oxygen atoms in total. The van der Waals surface area contributed by atoms with E-state index < -0.39 is 0 Å². The zero-order chi connectivity index (χ0) is 11.1. The van der Waals surface area contributed by atoms with Gasteiger partial charge in [-0.2, -0.15) is 0 Å². The van der Waals surface area contributed by atoms with E-state index in [0.717, 1.165) is 19.5 Å². The highest BCUT2D eigenvalue weighted by Gasteiger charge is 2.14. The van der Waals surface area contributed by atoms with Gasteiger partial charge in [0.25, 0.3) is 0 Å². The molecule has 0 aromatic rings. The minimum atomic E-state index is 0.572. The number of nitrogens with one attached hydrogen (secondary N) is 1. The summed E-state index contributed by atoms with van der Waals surface area (Å²) in [5.41, 5.74) is 5.80. The number of rotatable bonds is 5. The zero-order valence-corrected chi connectivity index (χ0v) is 10.00. The standard InChI is InChI=1S/C11H24N4/c1-15(2)9-5-8-13-11(12)14-10-6-3-4-7-10/h10H,3-9H2,1-2H3,(H3,12,13,14). The first-order valence-corrected chi connectivity index (χ1v) is 5.89. The van der Waals surface area contributed by atoms with Gasteiger partial charge in [0.15, 0.2) is 5.96 Å². The molecule has 0 amide bonds. The molecule has 4 heteroatoms. The van der Waals surface area contributed by atoms with E-state index in [-0.39, 0.29) is 0 Å². The van der Waals surface area contributed by atoms with E-state index in [2.05, 4.69) is 29.3 Å². The van der Waals surface area contributed by atoms with Crippen molar-refractivity contribution in [3.05, 3.63) is 0 Å². The Morgan fingerprint density at radius 2 is 2.07 bits per heavy atom. The molecule has 1 aliphatic carbocycles. The Hall–Kier alpha value is -0.770. The number of nitrogens with two attached hydrogens (primary N) is 1. The Labute approximate surface area is 92.9 Å². The molecule has 1 fully saturated rings. The predicted octanol–water partition coefficient (Wildman–Crippen LogP) is 0.785. The van der Waals surface area contributed by atoms with Crippen LogP contribution in [0.25, 0.3) is 0 Å². The highest BCUT2D eigenvalue weighted by Crippen LogP contribution is 2.17. The van der Waals surface area contributed by atoms with Crippen LogP contribution in [0.4, 0.5) is 0 Å². The van der Waals surface area contributed by atoms with Gasteiger partial charge in [0.1, 0.15) is 0 Å². The SMILES string of the molecule is CN(C)CCCN=C(N)NC1CCCC1. The minimum absolute atomic E-state index is 0.572. The smallest absolute Gasteiger partial charge is 0.188 e. The van der Waals surface area contributed by atoms with E-state index in [1.165, 1.54) is 25.7 Å². The van der Waals surface area contributed by atoms with Gasteiger partial charge in [-0.25, -0.2) is 0 Å². The highest BCUT2D eigenvalue weighted by atomic mass is 15.1. The normalized spacial score (nSPS) is 18.7. The maximum atomic E-state index is 5.80. The fourth-order valence-electron chi connectivity index (χ4n) is 1.91. The van der Waals surface area contributed by atoms with Gasteiger partial charge in [-0.3, -0.25) is 4.99 Å². The van der Waals surface area contributed by atoms with E-state index in [1.807, 2.05) is 0 Å². The number of guanidine groups is 1. The van der Waals surface area contributed by atoms with Gasteiger partial charge < -0.3 is 16.0 Å². The third kappa shape index (κ3) is 5.62. The summed E-state index contributed by atoms with van der Waals surface area (Å²) in [4.78, 5) is 6.48. The second kappa shape index (κ2) is 6.67. The summed E-state index contributed by atoms with van der Waals surface area (Å²) in [6, 6.07) is 0.572. The lowest BCUT2D eigenvalue weighted by molar-refractivity contribution is 0.403. The second-order valence-electron chi connectivity index (χ2n) is 4.55. The van der Waals surface area contributed by atoms with Crippen molar-refractivity contribution >= 4 is 5.96 Å². The molecule has 0 aromatic heterocycles. The Balaban J connectivity index is 2.09. The summed E-state index contributed by atoms with van der Waals surface area (Å²) >= 11 is 0. The van der Waals surface area contributed by atoms with E-state index in [9.17, 15) is 0 Å². The van der Waals surface area contributed by atoms with Crippen molar-refractivity contribution in [3.63, 3.8) is 0 Å². The summed E-state index contributed by atoms with van der Waals surface area (Å²) in [6.45, 7) is 1.89. The molecule has 0 heterocycles. The molecule has 0 atom stereocenters. The van der Waals surface area contributed by atoms with Crippen LogP contribution < -0.4 is 11.1 Å². The van der Waals surface area contributed by atoms with Gasteiger partial charge in [0.2, 0.25) is 0 Å². The fourth-order valence-corrected chi connectivity index (χ4v) is 1.91. The van der Waals surface area contributed by atoms with Crippen molar-refractivity contribution in [1.82, 2.24) is 10.2 Å². The van der Waals surface area contributed by atoms with E-state index in [4.69, 9.17) is 5.73 Å². The molecule has 0 saturated heterocycles. The number of hydrogen-bond acceptors (Lipinski definition) is 2. The molecule has 0 bridgehead atoms. The summed E-state index contributed by atoms with van der Waals surface area (Å²) in [6.07, 6.45) is 6.21. The largest absolute Gasteiger partial charge is 0.370 e. The Morgan fingerprint density at radius 1 is 1.40 bits per heavy atom. The van der Waals surface area contributed by atoms with Gasteiger partial charge in [-0.1, -0.05) is 12.8 Å². The summed E-state index contributed by atoms with van der Waals surface area (Å²) in [5.74, 6) is 0.626. The van der Waals surface area contributed by atoms with Gasteiger partial charge in [-0.05, 0) is 39.9 Å². The Bertz CT molecular complexity index is 195. The molecule has 0 aliphatic heterocycles. The molecule has 1 saturated carbocycles. The molecule has 0 unspecified atom stereocenters. The van der Waals surface area contributed by atoms with Crippen molar-refractivity contribution in [1.29, 1.82) is 0 Å². The van der Waals surface area contributed by atoms with Crippen molar-refractivity contribution in [2.24, 2.45) is 10.7 Å². The lowest BCUT2D eigenvalue weighted by Gasteiger charge is -2.12. The average Bonchev–Trinajstić information content (AvgIpc) is 2.64. The maximum absolute atomic E-state index is 5.80. The minimum Gasteiger partial charge on any atom is -0.370 e.